The number of ether oxygens (including phenoxy) is 1. The Morgan fingerprint density at radius 2 is 2.00 bits per heavy atom. The predicted octanol–water partition coefficient (Wildman–Crippen LogP) is 2.55. The zero-order valence-corrected chi connectivity index (χ0v) is 13.2. The van der Waals surface area contributed by atoms with E-state index in [0.717, 1.165) is 44.0 Å². The van der Waals surface area contributed by atoms with Crippen molar-refractivity contribution < 1.29 is 9.53 Å². The lowest BCUT2D eigenvalue weighted by atomic mass is 10.1. The fourth-order valence-electron chi connectivity index (χ4n) is 2.60. The fourth-order valence-corrected chi connectivity index (χ4v) is 3.23. The molecular weight excluding hydrogens is 296 g/mol. The van der Waals surface area contributed by atoms with Crippen LogP contribution >= 0.6 is 11.3 Å². The highest BCUT2D eigenvalue weighted by molar-refractivity contribution is 7.08. The van der Waals surface area contributed by atoms with E-state index in [1.54, 1.807) is 0 Å². The van der Waals surface area contributed by atoms with Gasteiger partial charge in [-0.1, -0.05) is 30.3 Å². The maximum atomic E-state index is 12.4. The molecule has 5 heteroatoms. The van der Waals surface area contributed by atoms with Gasteiger partial charge < -0.3 is 10.1 Å². The van der Waals surface area contributed by atoms with E-state index in [1.807, 2.05) is 35.0 Å². The van der Waals surface area contributed by atoms with Gasteiger partial charge in [0, 0.05) is 25.0 Å². The Hall–Kier alpha value is -1.69. The van der Waals surface area contributed by atoms with Gasteiger partial charge in [-0.15, -0.1) is 0 Å². The van der Waals surface area contributed by atoms with Gasteiger partial charge in [0.2, 0.25) is 0 Å². The minimum atomic E-state index is -0.0108. The van der Waals surface area contributed by atoms with Gasteiger partial charge in [-0.25, -0.2) is 0 Å². The molecule has 2 heterocycles. The Balaban J connectivity index is 1.72. The van der Waals surface area contributed by atoms with Crippen LogP contribution in [-0.2, 0) is 4.74 Å². The molecule has 1 N–H and O–H groups in total. The molecule has 22 heavy (non-hydrogen) atoms. The van der Waals surface area contributed by atoms with E-state index >= 15 is 0 Å². The van der Waals surface area contributed by atoms with Crippen LogP contribution in [0, 0.1) is 0 Å². The molecule has 4 nitrogen and oxygen atoms in total. The van der Waals surface area contributed by atoms with Gasteiger partial charge in [0.05, 0.1) is 24.8 Å². The summed E-state index contributed by atoms with van der Waals surface area (Å²) >= 11 is 1.54. The number of hydrogen-bond acceptors (Lipinski definition) is 4. The van der Waals surface area contributed by atoms with Gasteiger partial charge in [-0.05, 0) is 17.0 Å². The van der Waals surface area contributed by atoms with Crippen LogP contribution in [-0.4, -0.2) is 43.7 Å². The summed E-state index contributed by atoms with van der Waals surface area (Å²) in [4.78, 5) is 14.7. The molecule has 1 amide bonds. The zero-order chi connectivity index (χ0) is 15.2. The first-order valence-corrected chi connectivity index (χ1v) is 8.45. The van der Waals surface area contributed by atoms with Crippen LogP contribution in [0.4, 0.5) is 0 Å². The maximum Gasteiger partial charge on any atom is 0.252 e. The highest BCUT2D eigenvalue weighted by Gasteiger charge is 2.20. The third-order valence-electron chi connectivity index (χ3n) is 3.84. The average molecular weight is 316 g/mol. The van der Waals surface area contributed by atoms with Gasteiger partial charge in [0.1, 0.15) is 0 Å². The number of carbonyl (C=O) groups excluding carboxylic acids is 1. The van der Waals surface area contributed by atoms with Crippen molar-refractivity contribution in [2.45, 2.75) is 6.04 Å². The number of nitrogens with zero attached hydrogens (tertiary/aromatic N) is 1. The molecule has 1 aromatic carbocycles. The van der Waals surface area contributed by atoms with Crippen molar-refractivity contribution in [2.24, 2.45) is 0 Å². The molecule has 0 spiro atoms. The largest absolute Gasteiger partial charge is 0.379 e. The van der Waals surface area contributed by atoms with Crippen molar-refractivity contribution >= 4 is 17.2 Å². The summed E-state index contributed by atoms with van der Waals surface area (Å²) in [5.41, 5.74) is 1.87. The van der Waals surface area contributed by atoms with Crippen molar-refractivity contribution in [3.8, 4) is 0 Å². The predicted molar refractivity (Wildman–Crippen MR) is 88.2 cm³/mol. The third kappa shape index (κ3) is 3.94. The van der Waals surface area contributed by atoms with Gasteiger partial charge in [-0.3, -0.25) is 9.69 Å². The van der Waals surface area contributed by atoms with Gasteiger partial charge in [-0.2, -0.15) is 11.3 Å². The second kappa shape index (κ2) is 7.54. The normalized spacial score (nSPS) is 17.1. The summed E-state index contributed by atoms with van der Waals surface area (Å²) in [7, 11) is 0. The van der Waals surface area contributed by atoms with Crippen LogP contribution in [0.25, 0.3) is 0 Å². The summed E-state index contributed by atoms with van der Waals surface area (Å²) in [6.45, 7) is 4.17. The molecule has 1 aromatic heterocycles. The maximum absolute atomic E-state index is 12.4. The molecule has 1 aliphatic heterocycles. The number of amides is 1. The minimum Gasteiger partial charge on any atom is -0.379 e. The number of rotatable bonds is 5. The highest BCUT2D eigenvalue weighted by atomic mass is 32.1. The molecule has 3 rings (SSSR count). The van der Waals surface area contributed by atoms with E-state index in [9.17, 15) is 4.79 Å². The quantitative estimate of drug-likeness (QED) is 0.922. The topological polar surface area (TPSA) is 41.6 Å². The van der Waals surface area contributed by atoms with E-state index in [1.165, 1.54) is 11.3 Å². The summed E-state index contributed by atoms with van der Waals surface area (Å²) in [5, 5.41) is 6.97. The van der Waals surface area contributed by atoms with E-state index in [0.29, 0.717) is 0 Å². The Kier molecular flexibility index (Phi) is 5.21. The molecule has 116 valence electrons. The molecule has 2 aromatic rings. The lowest BCUT2D eigenvalue weighted by molar-refractivity contribution is 0.0332. The van der Waals surface area contributed by atoms with E-state index in [4.69, 9.17) is 4.74 Å². The standard InChI is InChI=1S/C17H20N2O2S/c20-17(15-6-11-22-13-15)18-16(14-4-2-1-3-5-14)12-19-7-9-21-10-8-19/h1-6,11,13,16H,7-10,12H2,(H,18,20)/t16-/m0/s1. The fraction of sp³-hybridized carbons (Fsp3) is 0.353. The molecule has 1 atom stereocenters. The Morgan fingerprint density at radius 1 is 1.23 bits per heavy atom. The molecule has 0 unspecified atom stereocenters. The first-order valence-electron chi connectivity index (χ1n) is 7.51. The van der Waals surface area contributed by atoms with Crippen LogP contribution in [0.3, 0.4) is 0 Å². The summed E-state index contributed by atoms with van der Waals surface area (Å²) in [6, 6.07) is 12.0. The number of carbonyl (C=O) groups is 1. The lowest BCUT2D eigenvalue weighted by Crippen LogP contribution is -2.43. The van der Waals surface area contributed by atoms with Crippen molar-refractivity contribution in [3.63, 3.8) is 0 Å². The molecule has 1 fully saturated rings. The first-order chi connectivity index (χ1) is 10.8. The van der Waals surface area contributed by atoms with Gasteiger partial charge in [0.25, 0.3) is 5.91 Å². The molecule has 0 aliphatic carbocycles. The van der Waals surface area contributed by atoms with Crippen LogP contribution in [0.2, 0.25) is 0 Å². The first kappa shape index (κ1) is 15.2. The average Bonchev–Trinajstić information content (AvgIpc) is 3.11. The number of benzene rings is 1. The number of morpholine rings is 1. The van der Waals surface area contributed by atoms with Crippen molar-refractivity contribution in [1.29, 1.82) is 0 Å². The third-order valence-corrected chi connectivity index (χ3v) is 4.52. The van der Waals surface area contributed by atoms with Crippen LogP contribution in [0.1, 0.15) is 22.0 Å². The van der Waals surface area contributed by atoms with E-state index in [-0.39, 0.29) is 11.9 Å². The van der Waals surface area contributed by atoms with Crippen molar-refractivity contribution in [2.75, 3.05) is 32.8 Å². The van der Waals surface area contributed by atoms with Crippen LogP contribution < -0.4 is 5.32 Å². The van der Waals surface area contributed by atoms with Gasteiger partial charge in [0.15, 0.2) is 0 Å². The van der Waals surface area contributed by atoms with Gasteiger partial charge >= 0.3 is 0 Å². The number of thiophene rings is 1. The Morgan fingerprint density at radius 3 is 2.68 bits per heavy atom. The van der Waals surface area contributed by atoms with Crippen molar-refractivity contribution in [1.82, 2.24) is 10.2 Å². The Bertz CT molecular complexity index is 580. The van der Waals surface area contributed by atoms with Crippen LogP contribution in [0.15, 0.2) is 47.2 Å². The second-order valence-corrected chi connectivity index (χ2v) is 6.14. The molecule has 1 saturated heterocycles. The molecule has 0 bridgehead atoms. The van der Waals surface area contributed by atoms with Crippen molar-refractivity contribution in [3.05, 3.63) is 58.3 Å². The SMILES string of the molecule is O=C(N[C@@H](CN1CCOCC1)c1ccccc1)c1ccsc1. The highest BCUT2D eigenvalue weighted by Crippen LogP contribution is 2.17. The smallest absolute Gasteiger partial charge is 0.252 e. The zero-order valence-electron chi connectivity index (χ0n) is 12.4. The molecule has 0 saturated carbocycles. The summed E-state index contributed by atoms with van der Waals surface area (Å²) < 4.78 is 5.40. The minimum absolute atomic E-state index is 0.00769. The molecule has 1 aliphatic rings. The summed E-state index contributed by atoms with van der Waals surface area (Å²) in [6.07, 6.45) is 0. The van der Waals surface area contributed by atoms with Crippen LogP contribution in [0.5, 0.6) is 0 Å². The second-order valence-electron chi connectivity index (χ2n) is 5.36. The number of hydrogen-bond donors (Lipinski definition) is 1. The lowest BCUT2D eigenvalue weighted by Gasteiger charge is -2.31. The monoisotopic (exact) mass is 316 g/mol. The van der Waals surface area contributed by atoms with E-state index in [2.05, 4.69) is 22.3 Å². The van der Waals surface area contributed by atoms with E-state index < -0.39 is 0 Å². The number of nitrogens with one attached hydrogen (secondary N) is 1. The molecule has 0 radical (unpaired) electrons. The summed E-state index contributed by atoms with van der Waals surface area (Å²) in [5.74, 6) is -0.0108. The Labute approximate surface area is 134 Å². The molecular formula is C17H20N2O2S.